The van der Waals surface area contributed by atoms with Crippen molar-refractivity contribution in [3.05, 3.63) is 56.6 Å². The highest BCUT2D eigenvalue weighted by Crippen LogP contribution is 2.33. The third-order valence-electron chi connectivity index (χ3n) is 3.24. The highest BCUT2D eigenvalue weighted by atomic mass is 16.6. The van der Waals surface area contributed by atoms with E-state index >= 15 is 0 Å². The maximum atomic E-state index is 12.4. The van der Waals surface area contributed by atoms with Gasteiger partial charge in [-0.05, 0) is 18.2 Å². The number of nitro groups is 1. The minimum atomic E-state index is -0.732. The second-order valence-electron chi connectivity index (χ2n) is 4.32. The van der Waals surface area contributed by atoms with Gasteiger partial charge in [-0.2, -0.15) is 0 Å². The van der Waals surface area contributed by atoms with Crippen LogP contribution in [0.25, 0.3) is 22.1 Å². The lowest BCUT2D eigenvalue weighted by Gasteiger charge is -2.14. The lowest BCUT2D eigenvalue weighted by molar-refractivity contribution is -0.446. The number of aromatic nitrogens is 2. The van der Waals surface area contributed by atoms with Crippen molar-refractivity contribution in [1.29, 1.82) is 0 Å². The Balaban J connectivity index is 2.67. The second-order valence-corrected chi connectivity index (χ2v) is 4.32. The summed E-state index contributed by atoms with van der Waals surface area (Å²) in [5, 5.41) is 23.6. The van der Waals surface area contributed by atoms with Crippen LogP contribution in [0.2, 0.25) is 0 Å². The Hall–Kier alpha value is -3.16. The van der Waals surface area contributed by atoms with Crippen molar-refractivity contribution in [1.82, 2.24) is 4.73 Å². The quantitative estimate of drug-likeness (QED) is 0.310. The molecule has 3 aromatic rings. The van der Waals surface area contributed by atoms with Gasteiger partial charge in [0.05, 0.1) is 16.5 Å². The normalized spacial score (nSPS) is 10.9. The van der Waals surface area contributed by atoms with E-state index in [-0.39, 0.29) is 27.8 Å². The van der Waals surface area contributed by atoms with Crippen molar-refractivity contribution >= 4 is 27.8 Å². The van der Waals surface area contributed by atoms with Gasteiger partial charge in [-0.25, -0.2) is 0 Å². The van der Waals surface area contributed by atoms with Crippen LogP contribution in [0.1, 0.15) is 0 Å². The highest BCUT2D eigenvalue weighted by Gasteiger charge is 2.30. The topological polar surface area (TPSA) is 103 Å². The molecule has 1 heterocycles. The van der Waals surface area contributed by atoms with Crippen molar-refractivity contribution in [3.8, 4) is 5.75 Å². The van der Waals surface area contributed by atoms with E-state index in [1.54, 1.807) is 12.1 Å². The number of benzene rings is 2. The van der Waals surface area contributed by atoms with E-state index in [9.17, 15) is 20.2 Å². The molecule has 0 unspecified atom stereocenters. The van der Waals surface area contributed by atoms with E-state index < -0.39 is 10.6 Å². The summed E-state index contributed by atoms with van der Waals surface area (Å²) < 4.78 is 5.81. The summed E-state index contributed by atoms with van der Waals surface area (Å²) in [5.74, 6) is -0.0765. The van der Waals surface area contributed by atoms with Crippen LogP contribution >= 0.6 is 0 Å². The van der Waals surface area contributed by atoms with E-state index in [1.807, 2.05) is 0 Å². The Morgan fingerprint density at radius 3 is 2.57 bits per heavy atom. The summed E-state index contributed by atoms with van der Waals surface area (Å²) in [4.78, 5) is 23.0. The predicted octanol–water partition coefficient (Wildman–Crippen LogP) is 1.97. The van der Waals surface area contributed by atoms with E-state index in [4.69, 9.17) is 4.74 Å². The smallest absolute Gasteiger partial charge is 0.388 e. The monoisotopic (exact) mass is 287 g/mol. The molecule has 3 rings (SSSR count). The number of methoxy groups -OCH3 is 1. The molecule has 21 heavy (non-hydrogen) atoms. The molecule has 0 fully saturated rings. The molecule has 0 N–H and O–H groups in total. The van der Waals surface area contributed by atoms with Gasteiger partial charge in [0.25, 0.3) is 5.52 Å². The van der Waals surface area contributed by atoms with Gasteiger partial charge < -0.3 is 14.7 Å². The SMILES string of the molecule is COc1ccc2c(c1[N+](=O)[O-])[n+](=O)c1ccccc1n2[O-]. The highest BCUT2D eigenvalue weighted by molar-refractivity contribution is 5.90. The fourth-order valence-electron chi connectivity index (χ4n) is 2.31. The standard InChI is InChI=1S/C13H9N3O5/c1-21-11-7-6-10-12(13(11)16(19)20)15(18)9-5-3-2-4-8(9)14(10)17/h2-7H,1H3. The van der Waals surface area contributed by atoms with Gasteiger partial charge in [-0.3, -0.25) is 10.1 Å². The Morgan fingerprint density at radius 2 is 1.90 bits per heavy atom. The summed E-state index contributed by atoms with van der Waals surface area (Å²) in [6, 6.07) is 8.72. The molecule has 0 aliphatic rings. The first-order valence-electron chi connectivity index (χ1n) is 5.95. The molecular weight excluding hydrogens is 278 g/mol. The number of rotatable bonds is 2. The Labute approximate surface area is 117 Å². The molecule has 8 nitrogen and oxygen atoms in total. The van der Waals surface area contributed by atoms with Gasteiger partial charge in [-0.15, -0.1) is 0 Å². The molecule has 0 saturated heterocycles. The molecule has 0 radical (unpaired) electrons. The van der Waals surface area contributed by atoms with Crippen LogP contribution in [0.15, 0.2) is 36.4 Å². The number of hydrogen-bond donors (Lipinski definition) is 0. The number of ether oxygens (including phenoxy) is 1. The molecule has 1 aromatic heterocycles. The second kappa shape index (κ2) is 4.44. The number of nitrogens with zero attached hydrogens (tertiary/aromatic N) is 3. The molecule has 0 bridgehead atoms. The third kappa shape index (κ3) is 1.69. The van der Waals surface area contributed by atoms with Crippen molar-refractivity contribution < 1.29 is 14.1 Å². The lowest BCUT2D eigenvalue weighted by atomic mass is 10.2. The van der Waals surface area contributed by atoms with E-state index in [2.05, 4.69) is 0 Å². The summed E-state index contributed by atoms with van der Waals surface area (Å²) in [7, 11) is 1.26. The maximum Gasteiger partial charge on any atom is 0.388 e. The van der Waals surface area contributed by atoms with Crippen LogP contribution in [-0.4, -0.2) is 16.8 Å². The molecule has 0 aliphatic heterocycles. The summed E-state index contributed by atoms with van der Waals surface area (Å²) in [5.41, 5.74) is -0.750. The minimum Gasteiger partial charge on any atom is -0.805 e. The first-order chi connectivity index (χ1) is 10.1. The van der Waals surface area contributed by atoms with Gasteiger partial charge in [-0.1, -0.05) is 12.1 Å². The van der Waals surface area contributed by atoms with Crippen LogP contribution < -0.4 is 9.16 Å². The van der Waals surface area contributed by atoms with Gasteiger partial charge >= 0.3 is 11.2 Å². The molecule has 8 heteroatoms. The molecular formula is C13H9N3O5. The predicted molar refractivity (Wildman–Crippen MR) is 74.8 cm³/mol. The number of fused-ring (bicyclic) bond motifs is 2. The Kier molecular flexibility index (Phi) is 2.72. The fourth-order valence-corrected chi connectivity index (χ4v) is 2.31. The number of hydrogen-bond acceptors (Lipinski definition) is 5. The van der Waals surface area contributed by atoms with Gasteiger partial charge in [0.15, 0.2) is 0 Å². The van der Waals surface area contributed by atoms with Crippen molar-refractivity contribution in [2.75, 3.05) is 7.11 Å². The Morgan fingerprint density at radius 1 is 1.19 bits per heavy atom. The summed E-state index contributed by atoms with van der Waals surface area (Å²) in [6.07, 6.45) is 0. The van der Waals surface area contributed by atoms with Crippen LogP contribution in [0.4, 0.5) is 5.69 Å². The Bertz CT molecular complexity index is 948. The summed E-state index contributed by atoms with van der Waals surface area (Å²) >= 11 is 0. The van der Waals surface area contributed by atoms with Crippen molar-refractivity contribution in [2.45, 2.75) is 0 Å². The van der Waals surface area contributed by atoms with E-state index in [0.717, 1.165) is 0 Å². The number of para-hydroxylation sites is 2. The molecule has 2 aromatic carbocycles. The van der Waals surface area contributed by atoms with Gasteiger partial charge in [0.2, 0.25) is 5.75 Å². The van der Waals surface area contributed by atoms with E-state index in [1.165, 1.54) is 31.4 Å². The average Bonchev–Trinajstić information content (AvgIpc) is 2.51. The molecule has 0 spiro atoms. The van der Waals surface area contributed by atoms with Crippen molar-refractivity contribution in [2.24, 2.45) is 0 Å². The van der Waals surface area contributed by atoms with E-state index in [0.29, 0.717) is 9.16 Å². The fraction of sp³-hybridized carbons (Fsp3) is 0.0769. The maximum absolute atomic E-state index is 12.4. The third-order valence-corrected chi connectivity index (χ3v) is 3.24. The zero-order chi connectivity index (χ0) is 15.1. The first-order valence-corrected chi connectivity index (χ1v) is 5.95. The molecule has 0 aliphatic carbocycles. The zero-order valence-corrected chi connectivity index (χ0v) is 10.8. The minimum absolute atomic E-state index is 0.0522. The average molecular weight is 287 g/mol. The summed E-state index contributed by atoms with van der Waals surface area (Å²) in [6.45, 7) is 0. The molecule has 0 atom stereocenters. The lowest BCUT2D eigenvalue weighted by Crippen LogP contribution is -2.21. The van der Waals surface area contributed by atoms with Crippen LogP contribution in [-0.2, 0) is 0 Å². The van der Waals surface area contributed by atoms with Crippen LogP contribution in [0.3, 0.4) is 0 Å². The van der Waals surface area contributed by atoms with Crippen LogP contribution in [0.5, 0.6) is 5.75 Å². The van der Waals surface area contributed by atoms with Crippen LogP contribution in [0, 0.1) is 20.2 Å². The number of nitro benzene ring substituents is 1. The molecule has 106 valence electrons. The van der Waals surface area contributed by atoms with Crippen molar-refractivity contribution in [3.63, 3.8) is 0 Å². The first kappa shape index (κ1) is 12.9. The largest absolute Gasteiger partial charge is 0.805 e. The molecule has 0 amide bonds. The molecule has 0 saturated carbocycles. The van der Waals surface area contributed by atoms with Gasteiger partial charge in [0, 0.05) is 11.0 Å². The van der Waals surface area contributed by atoms with Gasteiger partial charge in [0.1, 0.15) is 11.0 Å². The zero-order valence-electron chi connectivity index (χ0n) is 10.8.